The lowest BCUT2D eigenvalue weighted by molar-refractivity contribution is -0.134. The van der Waals surface area contributed by atoms with Crippen LogP contribution in [0.5, 0.6) is 0 Å². The number of amides is 2. The first-order chi connectivity index (χ1) is 13.4. The van der Waals surface area contributed by atoms with E-state index < -0.39 is 53.1 Å². The molecule has 0 spiro atoms. The third kappa shape index (κ3) is 6.14. The van der Waals surface area contributed by atoms with Crippen molar-refractivity contribution in [2.75, 3.05) is 13.1 Å². The van der Waals surface area contributed by atoms with Crippen LogP contribution in [0, 0.1) is 17.5 Å². The molecule has 0 aliphatic carbocycles. The molecule has 162 valence electrons. The number of hydrogen-bond donors (Lipinski definition) is 3. The van der Waals surface area contributed by atoms with Gasteiger partial charge in [0.25, 0.3) is 5.91 Å². The van der Waals surface area contributed by atoms with E-state index in [9.17, 15) is 32.3 Å². The highest BCUT2D eigenvalue weighted by molar-refractivity contribution is 5.84. The molecule has 0 bridgehead atoms. The van der Waals surface area contributed by atoms with Gasteiger partial charge in [-0.2, -0.15) is 0 Å². The van der Waals surface area contributed by atoms with Crippen molar-refractivity contribution >= 4 is 11.8 Å². The molecule has 1 aliphatic rings. The predicted molar refractivity (Wildman–Crippen MR) is 96.9 cm³/mol. The maximum atomic E-state index is 13.8. The Morgan fingerprint density at radius 1 is 1.28 bits per heavy atom. The SMILES string of the molecule is CC(C)(F)C(=O)NC[C@@H]1C[C@H](O)CN1C(=O)C[C@H](N)Cc1cc(F)c(F)cc1F. The molecule has 4 N–H and O–H groups in total. The van der Waals surface area contributed by atoms with Gasteiger partial charge in [0.2, 0.25) is 5.91 Å². The van der Waals surface area contributed by atoms with Crippen molar-refractivity contribution in [3.63, 3.8) is 0 Å². The number of hydrogen-bond acceptors (Lipinski definition) is 4. The molecule has 29 heavy (non-hydrogen) atoms. The van der Waals surface area contributed by atoms with E-state index in [2.05, 4.69) is 5.32 Å². The molecule has 2 rings (SSSR count). The highest BCUT2D eigenvalue weighted by Gasteiger charge is 2.36. The molecule has 0 unspecified atom stereocenters. The number of aliphatic hydroxyl groups excluding tert-OH is 1. The second kappa shape index (κ2) is 9.08. The third-order valence-electron chi connectivity index (χ3n) is 4.76. The minimum absolute atomic E-state index is 0.0185. The molecule has 1 heterocycles. The van der Waals surface area contributed by atoms with Gasteiger partial charge < -0.3 is 21.1 Å². The van der Waals surface area contributed by atoms with Gasteiger partial charge >= 0.3 is 0 Å². The molecule has 1 aromatic carbocycles. The van der Waals surface area contributed by atoms with Crippen molar-refractivity contribution in [1.82, 2.24) is 10.2 Å². The predicted octanol–water partition coefficient (Wildman–Crippen LogP) is 1.19. The molecular formula is C19H25F4N3O3. The molecule has 1 aromatic rings. The van der Waals surface area contributed by atoms with Crippen molar-refractivity contribution in [2.45, 2.75) is 57.0 Å². The van der Waals surface area contributed by atoms with E-state index in [-0.39, 0.29) is 37.9 Å². The summed E-state index contributed by atoms with van der Waals surface area (Å²) in [4.78, 5) is 25.6. The zero-order chi connectivity index (χ0) is 21.9. The van der Waals surface area contributed by atoms with Crippen LogP contribution in [0.3, 0.4) is 0 Å². The Hall–Kier alpha value is -2.20. The van der Waals surface area contributed by atoms with Crippen LogP contribution in [0.15, 0.2) is 12.1 Å². The summed E-state index contributed by atoms with van der Waals surface area (Å²) in [5, 5.41) is 12.3. The number of β-amino-alcohol motifs (C(OH)–C–C–N with tert-alkyl or cyclic N) is 1. The summed E-state index contributed by atoms with van der Waals surface area (Å²) in [5.41, 5.74) is 3.64. The number of likely N-dealkylation sites (tertiary alicyclic amines) is 1. The molecule has 1 fully saturated rings. The Labute approximate surface area is 166 Å². The molecular weight excluding hydrogens is 394 g/mol. The molecule has 10 heteroatoms. The van der Waals surface area contributed by atoms with E-state index in [0.717, 1.165) is 13.8 Å². The topological polar surface area (TPSA) is 95.7 Å². The normalized spacial score (nSPS) is 20.6. The average Bonchev–Trinajstić information content (AvgIpc) is 2.97. The maximum Gasteiger partial charge on any atom is 0.257 e. The van der Waals surface area contributed by atoms with Gasteiger partial charge in [-0.05, 0) is 38.3 Å². The highest BCUT2D eigenvalue weighted by Crippen LogP contribution is 2.21. The van der Waals surface area contributed by atoms with Gasteiger partial charge in [-0.25, -0.2) is 17.6 Å². The summed E-state index contributed by atoms with van der Waals surface area (Å²) >= 11 is 0. The number of nitrogens with one attached hydrogen (secondary N) is 1. The number of nitrogens with two attached hydrogens (primary N) is 1. The average molecular weight is 419 g/mol. The monoisotopic (exact) mass is 419 g/mol. The summed E-state index contributed by atoms with van der Waals surface area (Å²) in [5.74, 6) is -4.78. The van der Waals surface area contributed by atoms with Crippen LogP contribution in [0.4, 0.5) is 17.6 Å². The van der Waals surface area contributed by atoms with Crippen molar-refractivity contribution in [1.29, 1.82) is 0 Å². The maximum absolute atomic E-state index is 13.8. The molecule has 1 aliphatic heterocycles. The Morgan fingerprint density at radius 2 is 1.90 bits per heavy atom. The summed E-state index contributed by atoms with van der Waals surface area (Å²) in [6.07, 6.45) is -1.03. The Morgan fingerprint density at radius 3 is 2.52 bits per heavy atom. The van der Waals surface area contributed by atoms with E-state index in [4.69, 9.17) is 5.73 Å². The Bertz CT molecular complexity index is 770. The van der Waals surface area contributed by atoms with E-state index in [0.29, 0.717) is 12.1 Å². The lowest BCUT2D eigenvalue weighted by Gasteiger charge is -2.27. The highest BCUT2D eigenvalue weighted by atomic mass is 19.2. The number of carbonyl (C=O) groups excluding carboxylic acids is 2. The lowest BCUT2D eigenvalue weighted by atomic mass is 10.0. The van der Waals surface area contributed by atoms with E-state index >= 15 is 0 Å². The van der Waals surface area contributed by atoms with Gasteiger partial charge in [-0.1, -0.05) is 0 Å². The molecule has 3 atom stereocenters. The van der Waals surface area contributed by atoms with Crippen LogP contribution >= 0.6 is 0 Å². The number of benzene rings is 1. The van der Waals surface area contributed by atoms with Crippen LogP contribution in [-0.2, 0) is 16.0 Å². The largest absolute Gasteiger partial charge is 0.391 e. The van der Waals surface area contributed by atoms with Gasteiger partial charge in [0.05, 0.1) is 12.1 Å². The first-order valence-electron chi connectivity index (χ1n) is 9.22. The van der Waals surface area contributed by atoms with Crippen LogP contribution < -0.4 is 11.1 Å². The molecule has 0 saturated carbocycles. The number of alkyl halides is 1. The fourth-order valence-electron chi connectivity index (χ4n) is 3.23. The molecule has 0 radical (unpaired) electrons. The van der Waals surface area contributed by atoms with E-state index in [1.807, 2.05) is 0 Å². The first-order valence-corrected chi connectivity index (χ1v) is 9.22. The zero-order valence-electron chi connectivity index (χ0n) is 16.2. The number of carbonyl (C=O) groups is 2. The second-order valence-corrected chi connectivity index (χ2v) is 7.80. The van der Waals surface area contributed by atoms with Crippen molar-refractivity contribution in [2.24, 2.45) is 5.73 Å². The second-order valence-electron chi connectivity index (χ2n) is 7.80. The van der Waals surface area contributed by atoms with Crippen LogP contribution in [0.25, 0.3) is 0 Å². The Kier molecular flexibility index (Phi) is 7.23. The van der Waals surface area contributed by atoms with Crippen molar-refractivity contribution < 1.29 is 32.3 Å². The van der Waals surface area contributed by atoms with Crippen molar-refractivity contribution in [3.05, 3.63) is 35.1 Å². The number of nitrogens with zero attached hydrogens (tertiary/aromatic N) is 1. The van der Waals surface area contributed by atoms with E-state index in [1.54, 1.807) is 0 Å². The summed E-state index contributed by atoms with van der Waals surface area (Å²) < 4.78 is 53.7. The van der Waals surface area contributed by atoms with E-state index in [1.165, 1.54) is 4.90 Å². The van der Waals surface area contributed by atoms with Crippen LogP contribution in [0.1, 0.15) is 32.3 Å². The quantitative estimate of drug-likeness (QED) is 0.457. The molecule has 2 amide bonds. The van der Waals surface area contributed by atoms with Gasteiger partial charge in [0, 0.05) is 31.6 Å². The zero-order valence-corrected chi connectivity index (χ0v) is 16.2. The smallest absolute Gasteiger partial charge is 0.257 e. The Balaban J connectivity index is 1.97. The molecule has 0 aromatic heterocycles. The summed E-state index contributed by atoms with van der Waals surface area (Å²) in [6, 6.07) is -0.303. The standard InChI is InChI=1S/C19H25F4N3O3/c1-19(2,23)18(29)25-8-12-6-13(27)9-26(12)17(28)5-11(24)3-10-4-15(21)16(22)7-14(10)20/h4,7,11-13,27H,3,5-6,8-9,24H2,1-2H3,(H,25,29)/t11-,12+,13+/m1/s1. The molecule has 6 nitrogen and oxygen atoms in total. The number of halogens is 4. The fourth-order valence-corrected chi connectivity index (χ4v) is 3.23. The number of rotatable bonds is 7. The van der Waals surface area contributed by atoms with Gasteiger partial charge in [0.1, 0.15) is 5.82 Å². The third-order valence-corrected chi connectivity index (χ3v) is 4.76. The molecule has 1 saturated heterocycles. The minimum atomic E-state index is -2.08. The lowest BCUT2D eigenvalue weighted by Crippen LogP contribution is -2.48. The summed E-state index contributed by atoms with van der Waals surface area (Å²) in [7, 11) is 0. The van der Waals surface area contributed by atoms with Gasteiger partial charge in [-0.3, -0.25) is 9.59 Å². The van der Waals surface area contributed by atoms with Gasteiger partial charge in [-0.15, -0.1) is 0 Å². The first kappa shape index (κ1) is 23.1. The summed E-state index contributed by atoms with van der Waals surface area (Å²) in [6.45, 7) is 2.18. The number of aliphatic hydroxyl groups is 1. The van der Waals surface area contributed by atoms with Crippen LogP contribution in [-0.4, -0.2) is 58.8 Å². The minimum Gasteiger partial charge on any atom is -0.391 e. The van der Waals surface area contributed by atoms with Gasteiger partial charge in [0.15, 0.2) is 17.3 Å². The van der Waals surface area contributed by atoms with Crippen molar-refractivity contribution in [3.8, 4) is 0 Å². The fraction of sp³-hybridized carbons (Fsp3) is 0.579. The van der Waals surface area contributed by atoms with Crippen LogP contribution in [0.2, 0.25) is 0 Å².